The Morgan fingerprint density at radius 3 is 2.78 bits per heavy atom. The van der Waals surface area contributed by atoms with E-state index in [2.05, 4.69) is 30.6 Å². The van der Waals surface area contributed by atoms with Gasteiger partial charge in [-0.3, -0.25) is 4.79 Å². The molecule has 1 aliphatic heterocycles. The predicted molar refractivity (Wildman–Crippen MR) is 148 cm³/mol. The van der Waals surface area contributed by atoms with E-state index in [1.54, 1.807) is 6.07 Å². The Kier molecular flexibility index (Phi) is 8.21. The molecule has 0 atom stereocenters. The van der Waals surface area contributed by atoms with Crippen molar-refractivity contribution in [2.75, 3.05) is 17.7 Å². The zero-order chi connectivity index (χ0) is 25.5. The van der Waals surface area contributed by atoms with Gasteiger partial charge >= 0.3 is 0 Å². The molecule has 0 spiro atoms. The zero-order valence-electron chi connectivity index (χ0n) is 21.1. The van der Waals surface area contributed by atoms with Gasteiger partial charge in [-0.1, -0.05) is 23.8 Å². The van der Waals surface area contributed by atoms with Crippen molar-refractivity contribution >= 4 is 35.0 Å². The molecule has 1 aliphatic carbocycles. The van der Waals surface area contributed by atoms with E-state index in [-0.39, 0.29) is 12.5 Å². The number of anilines is 2. The van der Waals surface area contributed by atoms with Crippen LogP contribution in [0.2, 0.25) is 0 Å². The van der Waals surface area contributed by atoms with Crippen molar-refractivity contribution in [1.29, 1.82) is 5.41 Å². The first-order valence-corrected chi connectivity index (χ1v) is 12.6. The number of rotatable bonds is 7. The fraction of sp³-hybridized carbons (Fsp3) is 0.345. The number of amides is 1. The fourth-order valence-corrected chi connectivity index (χ4v) is 4.18. The highest BCUT2D eigenvalue weighted by Gasteiger charge is 2.19. The third-order valence-electron chi connectivity index (χ3n) is 6.80. The third kappa shape index (κ3) is 6.42. The number of nitrogens with zero attached hydrogens (tertiary/aromatic N) is 1. The maximum Gasteiger partial charge on any atom is 0.258 e. The highest BCUT2D eigenvalue weighted by atomic mass is 16.5. The zero-order valence-corrected chi connectivity index (χ0v) is 21.1. The van der Waals surface area contributed by atoms with Crippen LogP contribution in [-0.2, 0) is 4.79 Å². The van der Waals surface area contributed by atoms with Crippen LogP contribution >= 0.6 is 0 Å². The summed E-state index contributed by atoms with van der Waals surface area (Å²) in [6.45, 7) is 4.23. The van der Waals surface area contributed by atoms with Gasteiger partial charge in [-0.25, -0.2) is 4.99 Å². The van der Waals surface area contributed by atoms with E-state index in [4.69, 9.17) is 20.9 Å². The number of hydrogen-bond acceptors (Lipinski definition) is 6. The number of nitrogens with two attached hydrogens (primary N) is 1. The second-order valence-corrected chi connectivity index (χ2v) is 9.47. The summed E-state index contributed by atoms with van der Waals surface area (Å²) in [6.07, 6.45) is 9.62. The van der Waals surface area contributed by atoms with Gasteiger partial charge in [-0.15, -0.1) is 0 Å². The van der Waals surface area contributed by atoms with Crippen LogP contribution in [0.25, 0.3) is 5.70 Å². The lowest BCUT2D eigenvalue weighted by Gasteiger charge is -2.26. The molecule has 188 valence electrons. The van der Waals surface area contributed by atoms with E-state index < -0.39 is 0 Å². The standard InChI is InChI=1S/C29H35N5O2/c1-19-7-3-4-12-27(34-29(20(19)2)33-24-13-14-26(31)22(15-24)17-30)21-8-5-11-25(16-21)36-18-28(35)32-23-9-6-10-23/h5,8,11-17,23,30H,3-4,6-7,9-10,18,31H2,1-2H3,(H,32,35)(H,33,34). The van der Waals surface area contributed by atoms with Gasteiger partial charge in [-0.2, -0.15) is 0 Å². The highest BCUT2D eigenvalue weighted by molar-refractivity contribution is 6.10. The summed E-state index contributed by atoms with van der Waals surface area (Å²) < 4.78 is 5.80. The molecule has 4 rings (SSSR count). The SMILES string of the molecule is CC1=C(C)C(Nc2ccc(N)c(C=N)c2)=NC(c2cccc(OCC(=O)NC3CCC3)c2)=CCCC1. The lowest BCUT2D eigenvalue weighted by atomic mass is 9.93. The van der Waals surface area contributed by atoms with E-state index in [0.29, 0.717) is 23.0 Å². The van der Waals surface area contributed by atoms with Crippen molar-refractivity contribution < 1.29 is 9.53 Å². The minimum Gasteiger partial charge on any atom is -0.484 e. The number of carbonyl (C=O) groups is 1. The normalized spacial score (nSPS) is 16.5. The number of ether oxygens (including phenoxy) is 1. The van der Waals surface area contributed by atoms with Gasteiger partial charge in [0.1, 0.15) is 11.6 Å². The molecule has 0 unspecified atom stereocenters. The quantitative estimate of drug-likeness (QED) is 0.298. The minimum atomic E-state index is -0.0831. The van der Waals surface area contributed by atoms with Crippen molar-refractivity contribution in [3.05, 3.63) is 70.8 Å². The smallest absolute Gasteiger partial charge is 0.258 e. The minimum absolute atomic E-state index is 0.00258. The molecule has 1 fully saturated rings. The van der Waals surface area contributed by atoms with Crippen LogP contribution in [0.3, 0.4) is 0 Å². The van der Waals surface area contributed by atoms with Crippen molar-refractivity contribution in [3.63, 3.8) is 0 Å². The summed E-state index contributed by atoms with van der Waals surface area (Å²) in [4.78, 5) is 17.2. The van der Waals surface area contributed by atoms with Crippen molar-refractivity contribution in [2.24, 2.45) is 4.99 Å². The number of hydrogen-bond donors (Lipinski definition) is 4. The Labute approximate surface area is 213 Å². The van der Waals surface area contributed by atoms with Crippen LogP contribution in [0, 0.1) is 5.41 Å². The molecule has 2 aromatic carbocycles. The first kappa shape index (κ1) is 25.2. The Morgan fingerprint density at radius 1 is 1.19 bits per heavy atom. The predicted octanol–water partition coefficient (Wildman–Crippen LogP) is 5.69. The molecule has 0 radical (unpaired) electrons. The van der Waals surface area contributed by atoms with E-state index in [1.165, 1.54) is 18.2 Å². The van der Waals surface area contributed by atoms with Crippen molar-refractivity contribution in [3.8, 4) is 5.75 Å². The molecule has 36 heavy (non-hydrogen) atoms. The fourth-order valence-electron chi connectivity index (χ4n) is 4.18. The maximum absolute atomic E-state index is 12.2. The molecule has 0 aromatic heterocycles. The largest absolute Gasteiger partial charge is 0.484 e. The first-order valence-electron chi connectivity index (χ1n) is 12.6. The first-order chi connectivity index (χ1) is 17.4. The summed E-state index contributed by atoms with van der Waals surface area (Å²) in [6, 6.07) is 13.6. The molecule has 1 amide bonds. The van der Waals surface area contributed by atoms with Crippen LogP contribution in [0.1, 0.15) is 63.5 Å². The summed E-state index contributed by atoms with van der Waals surface area (Å²) in [5.74, 6) is 1.31. The second kappa shape index (κ2) is 11.7. The maximum atomic E-state index is 12.2. The van der Waals surface area contributed by atoms with Crippen molar-refractivity contribution in [2.45, 2.75) is 58.4 Å². The average molecular weight is 486 g/mol. The molecule has 0 saturated heterocycles. The van der Waals surface area contributed by atoms with Crippen LogP contribution < -0.4 is 21.1 Å². The van der Waals surface area contributed by atoms with Gasteiger partial charge in [0.25, 0.3) is 5.91 Å². The van der Waals surface area contributed by atoms with Gasteiger partial charge in [0.15, 0.2) is 6.61 Å². The summed E-state index contributed by atoms with van der Waals surface area (Å²) in [7, 11) is 0. The van der Waals surface area contributed by atoms with E-state index in [0.717, 1.165) is 60.5 Å². The number of carbonyl (C=O) groups excluding carboxylic acids is 1. The number of nitrogens with one attached hydrogen (secondary N) is 3. The van der Waals surface area contributed by atoms with E-state index >= 15 is 0 Å². The van der Waals surface area contributed by atoms with Gasteiger partial charge in [0.2, 0.25) is 0 Å². The molecule has 0 bridgehead atoms. The lowest BCUT2D eigenvalue weighted by Crippen LogP contribution is -2.41. The molecule has 5 N–H and O–H groups in total. The highest BCUT2D eigenvalue weighted by Crippen LogP contribution is 2.27. The van der Waals surface area contributed by atoms with Crippen LogP contribution in [0.4, 0.5) is 11.4 Å². The summed E-state index contributed by atoms with van der Waals surface area (Å²) >= 11 is 0. The Balaban J connectivity index is 1.58. The molecule has 2 aromatic rings. The monoisotopic (exact) mass is 485 g/mol. The van der Waals surface area contributed by atoms with Gasteiger partial charge < -0.3 is 26.5 Å². The Bertz CT molecular complexity index is 1220. The lowest BCUT2D eigenvalue weighted by molar-refractivity contribution is -0.124. The molecular formula is C29H35N5O2. The van der Waals surface area contributed by atoms with Gasteiger partial charge in [0.05, 0.1) is 5.70 Å². The van der Waals surface area contributed by atoms with Crippen LogP contribution in [0.5, 0.6) is 5.75 Å². The van der Waals surface area contributed by atoms with Gasteiger partial charge in [0, 0.05) is 34.8 Å². The average Bonchev–Trinajstić information content (AvgIpc) is 2.92. The topological polar surface area (TPSA) is 113 Å². The molecule has 1 heterocycles. The number of benzene rings is 2. The second-order valence-electron chi connectivity index (χ2n) is 9.47. The Morgan fingerprint density at radius 2 is 2.03 bits per heavy atom. The summed E-state index contributed by atoms with van der Waals surface area (Å²) in [5, 5.41) is 14.1. The van der Waals surface area contributed by atoms with Gasteiger partial charge in [-0.05, 0) is 88.3 Å². The number of nitrogen functional groups attached to an aromatic ring is 1. The molecule has 7 nitrogen and oxygen atoms in total. The van der Waals surface area contributed by atoms with Crippen molar-refractivity contribution in [1.82, 2.24) is 5.32 Å². The van der Waals surface area contributed by atoms with E-state index in [1.807, 2.05) is 36.4 Å². The number of allylic oxidation sites excluding steroid dienone is 2. The molecular weight excluding hydrogens is 450 g/mol. The molecule has 2 aliphatic rings. The summed E-state index contributed by atoms with van der Waals surface area (Å²) in [5.41, 5.74) is 12.2. The van der Waals surface area contributed by atoms with Crippen LogP contribution in [-0.4, -0.2) is 30.6 Å². The third-order valence-corrected chi connectivity index (χ3v) is 6.80. The van der Waals surface area contributed by atoms with E-state index in [9.17, 15) is 4.79 Å². The molecule has 7 heteroatoms. The van der Waals surface area contributed by atoms with Crippen LogP contribution in [0.15, 0.2) is 64.7 Å². The number of aliphatic imine (C=N–C) groups is 1. The molecule has 1 saturated carbocycles. The Hall–Kier alpha value is -3.87. The number of amidine groups is 1.